The van der Waals surface area contributed by atoms with Gasteiger partial charge in [0.05, 0.1) is 24.9 Å². The normalized spacial score (nSPS) is 16.0. The first-order valence-corrected chi connectivity index (χ1v) is 11.3. The Hall–Kier alpha value is -4.00. The lowest BCUT2D eigenvalue weighted by Gasteiger charge is -2.22. The zero-order chi connectivity index (χ0) is 23.9. The molecule has 1 aliphatic heterocycles. The average Bonchev–Trinajstić information content (AvgIpc) is 3.34. The summed E-state index contributed by atoms with van der Waals surface area (Å²) >= 11 is 0. The molecule has 0 spiro atoms. The molecule has 34 heavy (non-hydrogen) atoms. The molecule has 3 aromatic rings. The zero-order valence-electron chi connectivity index (χ0n) is 19.3. The summed E-state index contributed by atoms with van der Waals surface area (Å²) < 4.78 is 5.27. The van der Waals surface area contributed by atoms with Gasteiger partial charge in [-0.1, -0.05) is 48.5 Å². The van der Waals surface area contributed by atoms with E-state index in [4.69, 9.17) is 4.74 Å². The first kappa shape index (κ1) is 23.2. The highest BCUT2D eigenvalue weighted by atomic mass is 16.5. The summed E-state index contributed by atoms with van der Waals surface area (Å²) in [6.45, 7) is 1.90. The maximum Gasteiger partial charge on any atom is 0.243 e. The fourth-order valence-electron chi connectivity index (χ4n) is 4.00. The summed E-state index contributed by atoms with van der Waals surface area (Å²) in [6.07, 6.45) is 4.18. The Morgan fingerprint density at radius 3 is 2.50 bits per heavy atom. The monoisotopic (exact) mass is 456 g/mol. The molecule has 174 valence electrons. The fraction of sp³-hybridized carbons (Fsp3) is 0.259. The van der Waals surface area contributed by atoms with Crippen LogP contribution in [0.15, 0.2) is 84.2 Å². The van der Waals surface area contributed by atoms with Gasteiger partial charge < -0.3 is 10.1 Å². The third kappa shape index (κ3) is 5.49. The number of amides is 2. The summed E-state index contributed by atoms with van der Waals surface area (Å²) in [6, 6.07) is 20.8. The Morgan fingerprint density at radius 2 is 1.82 bits per heavy atom. The molecule has 2 aromatic carbocycles. The Labute approximate surface area is 199 Å². The molecule has 1 N–H and O–H groups in total. The largest absolute Gasteiger partial charge is 0.497 e. The molecule has 0 saturated heterocycles. The molecule has 0 aliphatic carbocycles. The third-order valence-corrected chi connectivity index (χ3v) is 5.90. The molecule has 1 aliphatic rings. The van der Waals surface area contributed by atoms with Crippen molar-refractivity contribution in [3.63, 3.8) is 0 Å². The summed E-state index contributed by atoms with van der Waals surface area (Å²) in [5, 5.41) is 9.14. The Balaban J connectivity index is 1.45. The second-order valence-electron chi connectivity index (χ2n) is 8.22. The fourth-order valence-corrected chi connectivity index (χ4v) is 4.00. The molecule has 2 amide bonds. The molecule has 0 radical (unpaired) electrons. The van der Waals surface area contributed by atoms with Crippen molar-refractivity contribution in [2.45, 2.75) is 38.3 Å². The van der Waals surface area contributed by atoms with Gasteiger partial charge in [-0.25, -0.2) is 5.01 Å². The molecule has 4 rings (SSSR count). The second kappa shape index (κ2) is 10.7. The van der Waals surface area contributed by atoms with Crippen LogP contribution in [0.1, 0.15) is 55.0 Å². The van der Waals surface area contributed by atoms with Gasteiger partial charge in [-0.05, 0) is 41.8 Å². The van der Waals surface area contributed by atoms with Crippen LogP contribution in [-0.4, -0.2) is 34.6 Å². The smallest absolute Gasteiger partial charge is 0.243 e. The molecule has 2 heterocycles. The molecule has 2 unspecified atom stereocenters. The molecular formula is C27H28N4O3. The number of nitrogens with zero attached hydrogens (tertiary/aromatic N) is 3. The zero-order valence-corrected chi connectivity index (χ0v) is 19.3. The van der Waals surface area contributed by atoms with Crippen LogP contribution >= 0.6 is 0 Å². The molecule has 2 atom stereocenters. The topological polar surface area (TPSA) is 83.9 Å². The third-order valence-electron chi connectivity index (χ3n) is 5.90. The summed E-state index contributed by atoms with van der Waals surface area (Å²) in [4.78, 5) is 29.8. The number of carbonyl (C=O) groups excluding carboxylic acids is 2. The van der Waals surface area contributed by atoms with Crippen molar-refractivity contribution in [3.05, 3.63) is 95.8 Å². The average molecular weight is 457 g/mol. The van der Waals surface area contributed by atoms with E-state index in [9.17, 15) is 9.59 Å². The van der Waals surface area contributed by atoms with E-state index >= 15 is 0 Å². The number of rotatable bonds is 8. The van der Waals surface area contributed by atoms with Gasteiger partial charge in [-0.3, -0.25) is 14.6 Å². The van der Waals surface area contributed by atoms with Gasteiger partial charge in [0.15, 0.2) is 0 Å². The van der Waals surface area contributed by atoms with Crippen LogP contribution in [0.5, 0.6) is 5.75 Å². The number of hydrazone groups is 1. The van der Waals surface area contributed by atoms with Crippen LogP contribution in [0.2, 0.25) is 0 Å². The Kier molecular flexibility index (Phi) is 7.32. The van der Waals surface area contributed by atoms with Crippen molar-refractivity contribution in [3.8, 4) is 5.75 Å². The standard InChI is InChI=1S/C27H28N4O3/c1-19(22-9-6-16-28-18-22)29-26(32)14-15-27(33)31-25(21-10-12-23(34-2)13-11-21)17-24(30-31)20-7-4-3-5-8-20/h3-13,16,18-19,25H,14-15,17H2,1-2H3,(H,29,32). The first-order valence-electron chi connectivity index (χ1n) is 11.3. The number of nitrogens with one attached hydrogen (secondary N) is 1. The molecule has 0 fully saturated rings. The van der Waals surface area contributed by atoms with Gasteiger partial charge in [0.1, 0.15) is 5.75 Å². The van der Waals surface area contributed by atoms with Crippen molar-refractivity contribution in [2.24, 2.45) is 5.10 Å². The number of methoxy groups -OCH3 is 1. The summed E-state index contributed by atoms with van der Waals surface area (Å²) in [7, 11) is 1.62. The number of ether oxygens (including phenoxy) is 1. The first-order chi connectivity index (χ1) is 16.5. The Bertz CT molecular complexity index is 1150. The lowest BCUT2D eigenvalue weighted by Crippen LogP contribution is -2.30. The lowest BCUT2D eigenvalue weighted by atomic mass is 9.98. The predicted octanol–water partition coefficient (Wildman–Crippen LogP) is 4.43. The molecule has 1 aromatic heterocycles. The van der Waals surface area contributed by atoms with Gasteiger partial charge in [-0.2, -0.15) is 5.10 Å². The van der Waals surface area contributed by atoms with Crippen LogP contribution in [0.4, 0.5) is 0 Å². The lowest BCUT2D eigenvalue weighted by molar-refractivity contribution is -0.135. The number of benzene rings is 2. The number of pyridine rings is 1. The molecule has 7 heteroatoms. The second-order valence-corrected chi connectivity index (χ2v) is 8.22. The van der Waals surface area contributed by atoms with Crippen molar-refractivity contribution in [2.75, 3.05) is 7.11 Å². The van der Waals surface area contributed by atoms with E-state index in [0.717, 1.165) is 28.2 Å². The highest BCUT2D eigenvalue weighted by Crippen LogP contribution is 2.34. The van der Waals surface area contributed by atoms with Crippen LogP contribution in [0.25, 0.3) is 0 Å². The summed E-state index contributed by atoms with van der Waals surface area (Å²) in [5.41, 5.74) is 3.72. The van der Waals surface area contributed by atoms with E-state index in [1.54, 1.807) is 19.5 Å². The molecule has 7 nitrogen and oxygen atoms in total. The SMILES string of the molecule is COc1ccc(C2CC(c3ccccc3)=NN2C(=O)CCC(=O)NC(C)c2cccnc2)cc1. The maximum atomic E-state index is 13.2. The van der Waals surface area contributed by atoms with Gasteiger partial charge >= 0.3 is 0 Å². The van der Waals surface area contributed by atoms with Gasteiger partial charge in [0.2, 0.25) is 11.8 Å². The van der Waals surface area contributed by atoms with Gasteiger partial charge in [0, 0.05) is 31.7 Å². The van der Waals surface area contributed by atoms with E-state index in [-0.39, 0.29) is 36.7 Å². The van der Waals surface area contributed by atoms with Crippen LogP contribution < -0.4 is 10.1 Å². The minimum atomic E-state index is -0.231. The highest BCUT2D eigenvalue weighted by Gasteiger charge is 2.33. The highest BCUT2D eigenvalue weighted by molar-refractivity contribution is 6.03. The number of carbonyl (C=O) groups is 2. The van der Waals surface area contributed by atoms with Crippen LogP contribution in [0.3, 0.4) is 0 Å². The van der Waals surface area contributed by atoms with Crippen molar-refractivity contribution in [1.82, 2.24) is 15.3 Å². The quantitative estimate of drug-likeness (QED) is 0.544. The predicted molar refractivity (Wildman–Crippen MR) is 130 cm³/mol. The number of hydrogen-bond acceptors (Lipinski definition) is 5. The van der Waals surface area contributed by atoms with E-state index < -0.39 is 0 Å². The van der Waals surface area contributed by atoms with E-state index in [1.807, 2.05) is 73.7 Å². The Morgan fingerprint density at radius 1 is 1.06 bits per heavy atom. The van der Waals surface area contributed by atoms with Crippen LogP contribution in [-0.2, 0) is 9.59 Å². The van der Waals surface area contributed by atoms with Gasteiger partial charge in [0.25, 0.3) is 0 Å². The van der Waals surface area contributed by atoms with E-state index in [2.05, 4.69) is 15.4 Å². The number of hydrogen-bond donors (Lipinski definition) is 1. The summed E-state index contributed by atoms with van der Waals surface area (Å²) in [5.74, 6) is 0.385. The molecule has 0 bridgehead atoms. The van der Waals surface area contributed by atoms with Crippen molar-refractivity contribution < 1.29 is 14.3 Å². The molecular weight excluding hydrogens is 428 g/mol. The van der Waals surface area contributed by atoms with Crippen molar-refractivity contribution in [1.29, 1.82) is 0 Å². The minimum Gasteiger partial charge on any atom is -0.497 e. The number of aromatic nitrogens is 1. The van der Waals surface area contributed by atoms with E-state index in [0.29, 0.717) is 6.42 Å². The van der Waals surface area contributed by atoms with Crippen molar-refractivity contribution >= 4 is 17.5 Å². The van der Waals surface area contributed by atoms with Gasteiger partial charge in [-0.15, -0.1) is 0 Å². The van der Waals surface area contributed by atoms with Crippen LogP contribution in [0, 0.1) is 0 Å². The van der Waals surface area contributed by atoms with E-state index in [1.165, 1.54) is 5.01 Å². The maximum absolute atomic E-state index is 13.2. The molecule has 0 saturated carbocycles. The minimum absolute atomic E-state index is 0.0732.